The number of nitrogens with zero attached hydrogens (tertiary/aromatic N) is 1. The predicted octanol–water partition coefficient (Wildman–Crippen LogP) is 5.37. The van der Waals surface area contributed by atoms with Crippen LogP contribution in [0.25, 0.3) is 0 Å². The largest absolute Gasteiger partial charge is 0.403 e. The summed E-state index contributed by atoms with van der Waals surface area (Å²) in [6.07, 6.45) is 3.94. The summed E-state index contributed by atoms with van der Waals surface area (Å²) in [7, 11) is -2.51. The Bertz CT molecular complexity index is 970. The Kier molecular flexibility index (Phi) is 5.07. The van der Waals surface area contributed by atoms with E-state index in [2.05, 4.69) is 117 Å². The van der Waals surface area contributed by atoms with Crippen LogP contribution in [-0.2, 0) is 4.43 Å². The van der Waals surface area contributed by atoms with Gasteiger partial charge < -0.3 is 9.33 Å². The highest BCUT2D eigenvalue weighted by atomic mass is 28.4. The minimum Gasteiger partial charge on any atom is -0.403 e. The lowest BCUT2D eigenvalue weighted by atomic mass is 10.1. The maximum atomic E-state index is 7.46. The van der Waals surface area contributed by atoms with E-state index in [1.807, 2.05) is 0 Å². The molecule has 5 rings (SSSR count). The summed E-state index contributed by atoms with van der Waals surface area (Å²) >= 11 is 0. The second-order valence-electron chi connectivity index (χ2n) is 10.3. The van der Waals surface area contributed by atoms with E-state index in [9.17, 15) is 0 Å². The molecule has 0 N–H and O–H groups in total. The number of rotatable bonds is 5. The van der Waals surface area contributed by atoms with Crippen molar-refractivity contribution in [2.24, 2.45) is 0 Å². The summed E-state index contributed by atoms with van der Waals surface area (Å²) in [6.45, 7) is 8.09. The highest BCUT2D eigenvalue weighted by molar-refractivity contribution is 6.99. The first-order valence-corrected chi connectivity index (χ1v) is 13.5. The molecule has 0 radical (unpaired) electrons. The van der Waals surface area contributed by atoms with E-state index in [-0.39, 0.29) is 11.1 Å². The molecule has 0 amide bonds. The molecule has 1 heterocycles. The number of anilines is 1. The summed E-state index contributed by atoms with van der Waals surface area (Å²) in [6, 6.07) is 33.0. The van der Waals surface area contributed by atoms with Gasteiger partial charge in [0.05, 0.1) is 6.10 Å². The van der Waals surface area contributed by atoms with Crippen LogP contribution in [0.5, 0.6) is 0 Å². The van der Waals surface area contributed by atoms with Crippen LogP contribution in [0.1, 0.15) is 40.0 Å². The van der Waals surface area contributed by atoms with Crippen LogP contribution < -0.4 is 15.3 Å². The van der Waals surface area contributed by atoms with Gasteiger partial charge in [0.25, 0.3) is 8.32 Å². The molecule has 1 saturated carbocycles. The fraction of sp³-hybridized carbons (Fsp3) is 0.357. The van der Waals surface area contributed by atoms with Gasteiger partial charge in [-0.15, -0.1) is 0 Å². The van der Waals surface area contributed by atoms with Crippen molar-refractivity contribution in [3.8, 4) is 0 Å². The molecule has 2 fully saturated rings. The summed E-state index contributed by atoms with van der Waals surface area (Å²) in [5.74, 6) is 0. The molecule has 1 atom stereocenters. The van der Waals surface area contributed by atoms with Crippen LogP contribution in [0, 0.1) is 0 Å². The van der Waals surface area contributed by atoms with Gasteiger partial charge in [-0.1, -0.05) is 99.6 Å². The van der Waals surface area contributed by atoms with Crippen molar-refractivity contribution in [3.05, 3.63) is 91.0 Å². The molecule has 3 aromatic carbocycles. The van der Waals surface area contributed by atoms with Crippen molar-refractivity contribution in [2.45, 2.75) is 56.7 Å². The molecule has 0 aromatic heterocycles. The van der Waals surface area contributed by atoms with Crippen LogP contribution >= 0.6 is 0 Å². The molecule has 1 aliphatic carbocycles. The van der Waals surface area contributed by atoms with E-state index in [1.165, 1.54) is 28.9 Å². The normalized spacial score (nSPS) is 20.2. The number of benzene rings is 3. The molecule has 1 spiro atoms. The Labute approximate surface area is 188 Å². The highest BCUT2D eigenvalue weighted by Crippen LogP contribution is 2.53. The molecule has 3 aromatic rings. The van der Waals surface area contributed by atoms with Crippen molar-refractivity contribution in [2.75, 3.05) is 11.4 Å². The first kappa shape index (κ1) is 20.5. The first-order chi connectivity index (χ1) is 14.9. The predicted molar refractivity (Wildman–Crippen MR) is 133 cm³/mol. The third kappa shape index (κ3) is 3.54. The Hall–Kier alpha value is -2.36. The summed E-state index contributed by atoms with van der Waals surface area (Å²) < 4.78 is 7.46. The molecule has 1 aliphatic heterocycles. The second-order valence-corrected chi connectivity index (χ2v) is 14.5. The van der Waals surface area contributed by atoms with Gasteiger partial charge in [0.15, 0.2) is 0 Å². The maximum Gasteiger partial charge on any atom is 0.261 e. The van der Waals surface area contributed by atoms with Crippen LogP contribution in [-0.4, -0.2) is 26.5 Å². The van der Waals surface area contributed by atoms with E-state index in [1.54, 1.807) is 0 Å². The van der Waals surface area contributed by atoms with E-state index >= 15 is 0 Å². The molecule has 3 heteroatoms. The molecular formula is C28H33NOSi. The van der Waals surface area contributed by atoms with Crippen molar-refractivity contribution < 1.29 is 4.43 Å². The average Bonchev–Trinajstić information content (AvgIpc) is 3.46. The van der Waals surface area contributed by atoms with E-state index in [0.29, 0.717) is 5.54 Å². The van der Waals surface area contributed by atoms with Crippen LogP contribution in [0.4, 0.5) is 5.69 Å². The minimum absolute atomic E-state index is 0.0204. The number of para-hydroxylation sites is 1. The van der Waals surface area contributed by atoms with Gasteiger partial charge in [0.2, 0.25) is 0 Å². The molecule has 2 nitrogen and oxygen atoms in total. The minimum atomic E-state index is -2.51. The lowest BCUT2D eigenvalue weighted by molar-refractivity contribution is 0.204. The first-order valence-electron chi connectivity index (χ1n) is 11.6. The monoisotopic (exact) mass is 427 g/mol. The molecule has 160 valence electrons. The van der Waals surface area contributed by atoms with Crippen molar-refractivity contribution in [1.29, 1.82) is 0 Å². The Balaban J connectivity index is 1.56. The van der Waals surface area contributed by atoms with Crippen LogP contribution in [0.3, 0.4) is 0 Å². The van der Waals surface area contributed by atoms with Gasteiger partial charge in [0, 0.05) is 17.8 Å². The molecule has 1 saturated heterocycles. The van der Waals surface area contributed by atoms with Gasteiger partial charge in [0.1, 0.15) is 0 Å². The van der Waals surface area contributed by atoms with E-state index in [0.717, 1.165) is 13.0 Å². The quantitative estimate of drug-likeness (QED) is 0.507. The zero-order valence-electron chi connectivity index (χ0n) is 18.9. The lowest BCUT2D eigenvalue weighted by Gasteiger charge is -2.44. The summed E-state index contributed by atoms with van der Waals surface area (Å²) in [4.78, 5) is 2.63. The van der Waals surface area contributed by atoms with Crippen LogP contribution in [0.2, 0.25) is 5.04 Å². The summed E-state index contributed by atoms with van der Waals surface area (Å²) in [5, 5.41) is 2.76. The smallest absolute Gasteiger partial charge is 0.261 e. The van der Waals surface area contributed by atoms with Crippen molar-refractivity contribution in [1.82, 2.24) is 0 Å². The average molecular weight is 428 g/mol. The molecule has 0 unspecified atom stereocenters. The Morgan fingerprint density at radius 3 is 1.71 bits per heavy atom. The standard InChI is InChI=1S/C28H33NOSi/c1-27(2,3)31(25-15-9-5-10-16-25,26-17-11-6-12-18-26)30-24-21-28(19-20-28)29(22-24)23-13-7-4-8-14-23/h4-18,24H,19-22H2,1-3H3/t24-/m0/s1. The van der Waals surface area contributed by atoms with E-state index in [4.69, 9.17) is 4.43 Å². The van der Waals surface area contributed by atoms with Gasteiger partial charge in [-0.05, 0) is 46.8 Å². The van der Waals surface area contributed by atoms with Crippen molar-refractivity contribution in [3.63, 3.8) is 0 Å². The fourth-order valence-electron chi connectivity index (χ4n) is 5.62. The Morgan fingerprint density at radius 1 is 0.774 bits per heavy atom. The zero-order chi connectivity index (χ0) is 21.5. The SMILES string of the molecule is CC(C)(C)[Si](O[C@@H]1CN(c2ccccc2)C2(CC2)C1)(c1ccccc1)c1ccccc1. The number of hydrogen-bond donors (Lipinski definition) is 0. The number of hydrogen-bond acceptors (Lipinski definition) is 2. The Morgan fingerprint density at radius 2 is 1.26 bits per heavy atom. The molecule has 31 heavy (non-hydrogen) atoms. The molecule has 0 bridgehead atoms. The third-order valence-electron chi connectivity index (χ3n) is 7.22. The maximum absolute atomic E-state index is 7.46. The third-order valence-corrected chi connectivity index (χ3v) is 12.3. The highest BCUT2D eigenvalue weighted by Gasteiger charge is 2.58. The molecule has 2 aliphatic rings. The van der Waals surface area contributed by atoms with Crippen molar-refractivity contribution >= 4 is 24.4 Å². The van der Waals surface area contributed by atoms with Crippen LogP contribution in [0.15, 0.2) is 91.0 Å². The molecular weight excluding hydrogens is 394 g/mol. The summed E-state index contributed by atoms with van der Waals surface area (Å²) in [5.41, 5.74) is 1.64. The van der Waals surface area contributed by atoms with E-state index < -0.39 is 8.32 Å². The van der Waals surface area contributed by atoms with Gasteiger partial charge in [-0.25, -0.2) is 0 Å². The van der Waals surface area contributed by atoms with Gasteiger partial charge in [-0.2, -0.15) is 0 Å². The topological polar surface area (TPSA) is 12.5 Å². The zero-order valence-corrected chi connectivity index (χ0v) is 19.9. The second kappa shape index (κ2) is 7.65. The van der Waals surface area contributed by atoms with Gasteiger partial charge in [-0.3, -0.25) is 0 Å². The van der Waals surface area contributed by atoms with Gasteiger partial charge >= 0.3 is 0 Å². The lowest BCUT2D eigenvalue weighted by Crippen LogP contribution is -2.67. The fourth-order valence-corrected chi connectivity index (χ4v) is 10.3.